The zero-order chi connectivity index (χ0) is 14.6. The summed E-state index contributed by atoms with van der Waals surface area (Å²) in [5.74, 6) is 0. The predicted molar refractivity (Wildman–Crippen MR) is 76.7 cm³/mol. The van der Waals surface area contributed by atoms with Crippen LogP contribution in [0.2, 0.25) is 0 Å². The summed E-state index contributed by atoms with van der Waals surface area (Å²) < 4.78 is 0. The molecule has 1 aliphatic rings. The first-order valence-corrected chi connectivity index (χ1v) is 7.26. The smallest absolute Gasteiger partial charge is 0.211 e. The second-order valence-corrected chi connectivity index (χ2v) is 5.41. The monoisotopic (exact) mass is 266 g/mol. The van der Waals surface area contributed by atoms with Crippen LogP contribution in [0.5, 0.6) is 0 Å². The third-order valence-corrected chi connectivity index (χ3v) is 3.37. The van der Waals surface area contributed by atoms with E-state index in [0.29, 0.717) is 0 Å². The van der Waals surface area contributed by atoms with Crippen LogP contribution in [-0.2, 0) is 9.59 Å². The molecule has 0 aromatic carbocycles. The summed E-state index contributed by atoms with van der Waals surface area (Å²) in [5, 5.41) is 0. The second kappa shape index (κ2) is 10.7. The van der Waals surface area contributed by atoms with Crippen molar-refractivity contribution in [2.75, 3.05) is 0 Å². The Kier molecular flexibility index (Phi) is 9.97. The van der Waals surface area contributed by atoms with Gasteiger partial charge in [0.15, 0.2) is 0 Å². The van der Waals surface area contributed by atoms with Crippen LogP contribution in [0.15, 0.2) is 9.98 Å². The molecule has 0 amide bonds. The van der Waals surface area contributed by atoms with Crippen LogP contribution in [0.4, 0.5) is 0 Å². The Labute approximate surface area is 116 Å². The van der Waals surface area contributed by atoms with Crippen molar-refractivity contribution in [3.63, 3.8) is 0 Å². The summed E-state index contributed by atoms with van der Waals surface area (Å²) in [4.78, 5) is 27.0. The van der Waals surface area contributed by atoms with E-state index in [1.807, 2.05) is 13.8 Å². The van der Waals surface area contributed by atoms with Gasteiger partial charge in [0.05, 0.1) is 11.6 Å². The lowest BCUT2D eigenvalue weighted by Crippen LogP contribution is -2.29. The molecule has 0 aliphatic heterocycles. The predicted octanol–water partition coefficient (Wildman–Crippen LogP) is 3.95. The fraction of sp³-hybridized carbons (Fsp3) is 0.867. The molecule has 0 atom stereocenters. The van der Waals surface area contributed by atoms with Crippen molar-refractivity contribution in [2.24, 2.45) is 9.98 Å². The Hall–Kier alpha value is -1.24. The molecular formula is C15H26N2O2. The molecule has 1 fully saturated rings. The van der Waals surface area contributed by atoms with Crippen LogP contribution in [0.3, 0.4) is 0 Å². The van der Waals surface area contributed by atoms with Crippen molar-refractivity contribution < 1.29 is 9.59 Å². The number of unbranched alkanes of at least 4 members (excludes halogenated alkanes) is 1. The number of hydrogen-bond donors (Lipinski definition) is 0. The molecular weight excluding hydrogens is 240 g/mol. The summed E-state index contributed by atoms with van der Waals surface area (Å²) in [6.45, 7) is 5.83. The maximum Gasteiger partial charge on any atom is 0.235 e. The molecule has 1 rings (SSSR count). The molecule has 0 heterocycles. The summed E-state index contributed by atoms with van der Waals surface area (Å²) in [5.41, 5.74) is -0.0178. The fourth-order valence-electron chi connectivity index (χ4n) is 2.34. The first-order valence-electron chi connectivity index (χ1n) is 7.26. The zero-order valence-corrected chi connectivity index (χ0v) is 12.4. The van der Waals surface area contributed by atoms with E-state index in [4.69, 9.17) is 0 Å². The molecule has 19 heavy (non-hydrogen) atoms. The molecule has 0 radical (unpaired) electrons. The van der Waals surface area contributed by atoms with E-state index in [2.05, 4.69) is 16.9 Å². The van der Waals surface area contributed by atoms with Gasteiger partial charge in [0, 0.05) is 0 Å². The Morgan fingerprint density at radius 1 is 1.11 bits per heavy atom. The molecule has 0 saturated heterocycles. The van der Waals surface area contributed by atoms with Crippen molar-refractivity contribution in [3.8, 4) is 0 Å². The van der Waals surface area contributed by atoms with E-state index in [0.717, 1.165) is 19.3 Å². The van der Waals surface area contributed by atoms with Gasteiger partial charge in [-0.15, -0.1) is 0 Å². The molecule has 0 N–H and O–H groups in total. The summed E-state index contributed by atoms with van der Waals surface area (Å²) >= 11 is 0. The highest BCUT2D eigenvalue weighted by Gasteiger charge is 2.30. The number of carbonyl (C=O) groups excluding carboxylic acids is 2. The van der Waals surface area contributed by atoms with Crippen molar-refractivity contribution in [2.45, 2.75) is 83.7 Å². The van der Waals surface area contributed by atoms with Crippen molar-refractivity contribution >= 4 is 12.2 Å². The first-order chi connectivity index (χ1) is 9.10. The van der Waals surface area contributed by atoms with Crippen LogP contribution in [0.25, 0.3) is 0 Å². The topological polar surface area (TPSA) is 58.9 Å². The highest BCUT2D eigenvalue weighted by atomic mass is 16.1. The Bertz CT molecular complexity index is 321. The lowest BCUT2D eigenvalue weighted by molar-refractivity contribution is 0.273. The average molecular weight is 266 g/mol. The number of aliphatic imine (C=N–C) groups is 2. The minimum atomic E-state index is -0.0178. The Balaban J connectivity index is 0.000000459. The van der Waals surface area contributed by atoms with Gasteiger partial charge < -0.3 is 0 Å². The van der Waals surface area contributed by atoms with Gasteiger partial charge in [-0.3, -0.25) is 0 Å². The molecule has 0 bridgehead atoms. The Morgan fingerprint density at radius 2 is 1.74 bits per heavy atom. The molecule has 0 unspecified atom stereocenters. The van der Waals surface area contributed by atoms with Crippen LogP contribution in [0, 0.1) is 0 Å². The van der Waals surface area contributed by atoms with E-state index in [-0.39, 0.29) is 11.6 Å². The third kappa shape index (κ3) is 8.47. The van der Waals surface area contributed by atoms with Crippen molar-refractivity contribution in [1.29, 1.82) is 0 Å². The standard InChI is InChI=1S/C11H19NO.C4H7NO/c1-2-3-7-11(12-10-13)8-5-4-6-9-11;1-4(2)5-3-6/h2-9H2,1H3;4H,1-2H3. The first kappa shape index (κ1) is 17.8. The molecule has 1 aliphatic carbocycles. The minimum Gasteiger partial charge on any atom is -0.211 e. The molecule has 4 nitrogen and oxygen atoms in total. The number of isocyanates is 2. The maximum absolute atomic E-state index is 10.3. The number of hydrogen-bond acceptors (Lipinski definition) is 4. The van der Waals surface area contributed by atoms with Gasteiger partial charge in [-0.2, -0.15) is 4.99 Å². The number of nitrogens with zero attached hydrogens (tertiary/aromatic N) is 2. The zero-order valence-electron chi connectivity index (χ0n) is 12.4. The van der Waals surface area contributed by atoms with E-state index < -0.39 is 0 Å². The Morgan fingerprint density at radius 3 is 2.11 bits per heavy atom. The highest BCUT2D eigenvalue weighted by molar-refractivity contribution is 5.35. The van der Waals surface area contributed by atoms with Crippen LogP contribution >= 0.6 is 0 Å². The normalized spacial score (nSPS) is 16.6. The van der Waals surface area contributed by atoms with Gasteiger partial charge >= 0.3 is 0 Å². The van der Waals surface area contributed by atoms with Gasteiger partial charge in [0.1, 0.15) is 0 Å². The quantitative estimate of drug-likeness (QED) is 0.559. The van der Waals surface area contributed by atoms with Crippen molar-refractivity contribution in [3.05, 3.63) is 0 Å². The van der Waals surface area contributed by atoms with E-state index in [1.54, 1.807) is 6.08 Å². The second-order valence-electron chi connectivity index (χ2n) is 5.41. The SMILES string of the molecule is CC(C)N=C=O.CCCCC1(N=C=O)CCCCC1. The largest absolute Gasteiger partial charge is 0.235 e. The summed E-state index contributed by atoms with van der Waals surface area (Å²) in [6.07, 6.45) is 12.6. The lowest BCUT2D eigenvalue weighted by atomic mass is 9.79. The van der Waals surface area contributed by atoms with Crippen LogP contribution in [0.1, 0.15) is 72.1 Å². The number of rotatable bonds is 5. The molecule has 108 valence electrons. The molecule has 0 spiro atoms. The maximum atomic E-state index is 10.3. The van der Waals surface area contributed by atoms with Gasteiger partial charge in [-0.05, 0) is 33.1 Å². The van der Waals surface area contributed by atoms with Gasteiger partial charge in [-0.1, -0.05) is 39.0 Å². The molecule has 0 aromatic rings. The van der Waals surface area contributed by atoms with Gasteiger partial charge in [0.2, 0.25) is 12.2 Å². The molecule has 0 aromatic heterocycles. The summed E-state index contributed by atoms with van der Waals surface area (Å²) in [7, 11) is 0. The van der Waals surface area contributed by atoms with Gasteiger partial charge in [-0.25, -0.2) is 14.6 Å². The van der Waals surface area contributed by atoms with Crippen LogP contribution < -0.4 is 0 Å². The van der Waals surface area contributed by atoms with E-state index >= 15 is 0 Å². The highest BCUT2D eigenvalue weighted by Crippen LogP contribution is 2.35. The van der Waals surface area contributed by atoms with E-state index in [1.165, 1.54) is 38.2 Å². The molecule has 4 heteroatoms. The fourth-order valence-corrected chi connectivity index (χ4v) is 2.34. The van der Waals surface area contributed by atoms with Crippen molar-refractivity contribution in [1.82, 2.24) is 0 Å². The molecule has 1 saturated carbocycles. The average Bonchev–Trinajstić information content (AvgIpc) is 2.38. The lowest BCUT2D eigenvalue weighted by Gasteiger charge is -2.31. The van der Waals surface area contributed by atoms with Crippen LogP contribution in [-0.4, -0.2) is 23.7 Å². The van der Waals surface area contributed by atoms with E-state index in [9.17, 15) is 9.59 Å². The summed E-state index contributed by atoms with van der Waals surface area (Å²) in [6, 6.07) is 0.0995. The minimum absolute atomic E-state index is 0.0178. The third-order valence-electron chi connectivity index (χ3n) is 3.37. The van der Waals surface area contributed by atoms with Gasteiger partial charge in [0.25, 0.3) is 0 Å².